The standard InChI is InChI=1S/C12H17NO4/c14-9-8-12(5-1-2-6-12)11(17)13(9)7-3-4-10(15)16/h1-8H2,(H,15,16). The number of carbonyl (C=O) groups is 3. The number of imide groups is 1. The number of carbonyl (C=O) groups excluding carboxylic acids is 2. The van der Waals surface area contributed by atoms with Crippen molar-refractivity contribution in [1.29, 1.82) is 0 Å². The molecule has 1 spiro atoms. The van der Waals surface area contributed by atoms with Crippen LogP contribution in [0.25, 0.3) is 0 Å². The first-order valence-electron chi connectivity index (χ1n) is 6.12. The molecule has 1 saturated heterocycles. The highest BCUT2D eigenvalue weighted by Crippen LogP contribution is 2.46. The summed E-state index contributed by atoms with van der Waals surface area (Å²) in [5.41, 5.74) is -0.430. The third kappa shape index (κ3) is 2.18. The van der Waals surface area contributed by atoms with E-state index in [2.05, 4.69) is 0 Å². The van der Waals surface area contributed by atoms with Crippen LogP contribution in [-0.2, 0) is 14.4 Å². The van der Waals surface area contributed by atoms with E-state index in [0.29, 0.717) is 12.8 Å². The molecular formula is C12H17NO4. The van der Waals surface area contributed by atoms with Gasteiger partial charge < -0.3 is 5.11 Å². The summed E-state index contributed by atoms with van der Waals surface area (Å²) in [6.07, 6.45) is 4.34. The van der Waals surface area contributed by atoms with Crippen molar-refractivity contribution in [2.24, 2.45) is 5.41 Å². The van der Waals surface area contributed by atoms with Crippen LogP contribution in [-0.4, -0.2) is 34.3 Å². The largest absolute Gasteiger partial charge is 0.481 e. The fraction of sp³-hybridized carbons (Fsp3) is 0.750. The fourth-order valence-electron chi connectivity index (χ4n) is 2.92. The van der Waals surface area contributed by atoms with Crippen molar-refractivity contribution in [3.63, 3.8) is 0 Å². The minimum Gasteiger partial charge on any atom is -0.481 e. The Morgan fingerprint density at radius 3 is 2.53 bits per heavy atom. The Morgan fingerprint density at radius 1 is 1.29 bits per heavy atom. The number of hydrogen-bond donors (Lipinski definition) is 1. The quantitative estimate of drug-likeness (QED) is 0.747. The number of likely N-dealkylation sites (tertiary alicyclic amines) is 1. The maximum atomic E-state index is 12.2. The van der Waals surface area contributed by atoms with Crippen LogP contribution in [0, 0.1) is 5.41 Å². The maximum absolute atomic E-state index is 12.2. The van der Waals surface area contributed by atoms with Crippen molar-refractivity contribution < 1.29 is 19.5 Å². The average Bonchev–Trinajstić information content (AvgIpc) is 2.80. The molecule has 0 aromatic carbocycles. The normalized spacial score (nSPS) is 22.7. The smallest absolute Gasteiger partial charge is 0.303 e. The number of carboxylic acids is 1. The first-order chi connectivity index (χ1) is 8.05. The lowest BCUT2D eigenvalue weighted by Gasteiger charge is -2.20. The predicted octanol–water partition coefficient (Wildman–Crippen LogP) is 1.17. The van der Waals surface area contributed by atoms with Crippen molar-refractivity contribution in [2.45, 2.75) is 44.9 Å². The minimum absolute atomic E-state index is 0.00403. The summed E-state index contributed by atoms with van der Waals surface area (Å²) < 4.78 is 0. The van der Waals surface area contributed by atoms with Crippen LogP contribution in [0.1, 0.15) is 44.9 Å². The SMILES string of the molecule is O=C(O)CCCN1C(=O)CC2(CCCC2)C1=O. The van der Waals surface area contributed by atoms with Gasteiger partial charge in [0, 0.05) is 19.4 Å². The van der Waals surface area contributed by atoms with Crippen LogP contribution in [0.4, 0.5) is 0 Å². The zero-order valence-electron chi connectivity index (χ0n) is 9.78. The summed E-state index contributed by atoms with van der Waals surface area (Å²) in [5.74, 6) is -1.08. The van der Waals surface area contributed by atoms with Gasteiger partial charge in [-0.25, -0.2) is 0 Å². The van der Waals surface area contributed by atoms with E-state index in [1.165, 1.54) is 4.90 Å². The van der Waals surface area contributed by atoms with E-state index in [4.69, 9.17) is 5.11 Å². The minimum atomic E-state index is -0.889. The van der Waals surface area contributed by atoms with Gasteiger partial charge in [0.25, 0.3) is 0 Å². The Bertz CT molecular complexity index is 358. The number of nitrogens with zero attached hydrogens (tertiary/aromatic N) is 1. The van der Waals surface area contributed by atoms with E-state index in [1.807, 2.05) is 0 Å². The number of aliphatic carboxylic acids is 1. The molecule has 17 heavy (non-hydrogen) atoms. The summed E-state index contributed by atoms with van der Waals surface area (Å²) in [5, 5.41) is 8.54. The lowest BCUT2D eigenvalue weighted by molar-refractivity contribution is -0.143. The van der Waals surface area contributed by atoms with Crippen LogP contribution in [0.5, 0.6) is 0 Å². The molecule has 1 aliphatic heterocycles. The van der Waals surface area contributed by atoms with Gasteiger partial charge in [-0.15, -0.1) is 0 Å². The molecule has 1 aliphatic carbocycles. The summed E-state index contributed by atoms with van der Waals surface area (Å²) in [4.78, 5) is 35.6. The van der Waals surface area contributed by atoms with E-state index >= 15 is 0 Å². The molecule has 2 rings (SSSR count). The number of hydrogen-bond acceptors (Lipinski definition) is 3. The first kappa shape index (κ1) is 12.1. The summed E-state index contributed by atoms with van der Waals surface area (Å²) in [7, 11) is 0. The van der Waals surface area contributed by atoms with Gasteiger partial charge in [0.2, 0.25) is 11.8 Å². The van der Waals surface area contributed by atoms with Crippen LogP contribution >= 0.6 is 0 Å². The van der Waals surface area contributed by atoms with Crippen molar-refractivity contribution in [3.05, 3.63) is 0 Å². The van der Waals surface area contributed by atoms with Crippen molar-refractivity contribution in [1.82, 2.24) is 4.90 Å². The molecule has 0 atom stereocenters. The van der Waals surface area contributed by atoms with Gasteiger partial charge in [0.15, 0.2) is 0 Å². The van der Waals surface area contributed by atoms with Crippen molar-refractivity contribution in [3.8, 4) is 0 Å². The zero-order chi connectivity index (χ0) is 12.5. The molecule has 0 aromatic heterocycles. The van der Waals surface area contributed by atoms with Gasteiger partial charge in [-0.05, 0) is 19.3 Å². The summed E-state index contributed by atoms with van der Waals surface area (Å²) in [6, 6.07) is 0. The highest BCUT2D eigenvalue weighted by molar-refractivity contribution is 6.06. The first-order valence-corrected chi connectivity index (χ1v) is 6.12. The lowest BCUT2D eigenvalue weighted by Crippen LogP contribution is -2.35. The second-order valence-electron chi connectivity index (χ2n) is 5.01. The second-order valence-corrected chi connectivity index (χ2v) is 5.01. The van der Waals surface area contributed by atoms with E-state index in [1.54, 1.807) is 0 Å². The van der Waals surface area contributed by atoms with Crippen LogP contribution < -0.4 is 0 Å². The van der Waals surface area contributed by atoms with Crippen LogP contribution in [0.15, 0.2) is 0 Å². The summed E-state index contributed by atoms with van der Waals surface area (Å²) in [6.45, 7) is 0.256. The van der Waals surface area contributed by atoms with Crippen LogP contribution in [0.3, 0.4) is 0 Å². The van der Waals surface area contributed by atoms with Gasteiger partial charge in [-0.3, -0.25) is 19.3 Å². The Morgan fingerprint density at radius 2 is 1.94 bits per heavy atom. The highest BCUT2D eigenvalue weighted by atomic mass is 16.4. The predicted molar refractivity (Wildman–Crippen MR) is 59.1 cm³/mol. The third-order valence-corrected chi connectivity index (χ3v) is 3.82. The Hall–Kier alpha value is -1.39. The number of rotatable bonds is 4. The second kappa shape index (κ2) is 4.47. The monoisotopic (exact) mass is 239 g/mol. The Labute approximate surface area is 99.8 Å². The van der Waals surface area contributed by atoms with Crippen molar-refractivity contribution in [2.75, 3.05) is 6.54 Å². The molecule has 1 heterocycles. The molecule has 5 heteroatoms. The van der Waals surface area contributed by atoms with E-state index in [-0.39, 0.29) is 24.8 Å². The number of amides is 2. The van der Waals surface area contributed by atoms with Gasteiger partial charge in [0.05, 0.1) is 5.41 Å². The molecular weight excluding hydrogens is 222 g/mol. The van der Waals surface area contributed by atoms with E-state index in [0.717, 1.165) is 25.7 Å². The molecule has 5 nitrogen and oxygen atoms in total. The molecule has 0 unspecified atom stereocenters. The topological polar surface area (TPSA) is 74.7 Å². The van der Waals surface area contributed by atoms with Gasteiger partial charge in [-0.2, -0.15) is 0 Å². The molecule has 0 bridgehead atoms. The average molecular weight is 239 g/mol. The molecule has 2 fully saturated rings. The Balaban J connectivity index is 1.97. The maximum Gasteiger partial charge on any atom is 0.303 e. The van der Waals surface area contributed by atoms with Gasteiger partial charge in [0.1, 0.15) is 0 Å². The van der Waals surface area contributed by atoms with Crippen LogP contribution in [0.2, 0.25) is 0 Å². The molecule has 1 N–H and O–H groups in total. The molecule has 94 valence electrons. The molecule has 0 radical (unpaired) electrons. The fourth-order valence-corrected chi connectivity index (χ4v) is 2.92. The Kier molecular flexibility index (Phi) is 3.17. The molecule has 2 amide bonds. The molecule has 0 aromatic rings. The van der Waals surface area contributed by atoms with Gasteiger partial charge >= 0.3 is 5.97 Å². The number of carboxylic acid groups (broad SMARTS) is 1. The van der Waals surface area contributed by atoms with E-state index < -0.39 is 11.4 Å². The highest BCUT2D eigenvalue weighted by Gasteiger charge is 2.52. The molecule has 2 aliphatic rings. The zero-order valence-corrected chi connectivity index (χ0v) is 9.78. The van der Waals surface area contributed by atoms with E-state index in [9.17, 15) is 14.4 Å². The van der Waals surface area contributed by atoms with Crippen molar-refractivity contribution >= 4 is 17.8 Å². The third-order valence-electron chi connectivity index (χ3n) is 3.82. The lowest BCUT2D eigenvalue weighted by atomic mass is 9.84. The van der Waals surface area contributed by atoms with Gasteiger partial charge in [-0.1, -0.05) is 12.8 Å². The summed E-state index contributed by atoms with van der Waals surface area (Å²) >= 11 is 0. The molecule has 1 saturated carbocycles.